The zero-order valence-electron chi connectivity index (χ0n) is 37.8. The van der Waals surface area contributed by atoms with E-state index in [9.17, 15) is 24.0 Å². The molecule has 6 amide bonds. The number of hydrogen-bond acceptors (Lipinski definition) is 7. The number of benzene rings is 3. The Balaban J connectivity index is 0.915. The smallest absolute Gasteiger partial charge is 0.328 e. The number of anilines is 1. The first kappa shape index (κ1) is 47.5. The molecule has 4 aliphatic heterocycles. The Hall–Kier alpha value is -6.60. The Kier molecular flexibility index (Phi) is 13.1. The van der Waals surface area contributed by atoms with E-state index < -0.39 is 59.2 Å². The summed E-state index contributed by atoms with van der Waals surface area (Å²) >= 11 is 6.37. The topological polar surface area (TPSA) is 147 Å². The summed E-state index contributed by atoms with van der Waals surface area (Å²) in [7, 11) is 3.01. The number of aromatic nitrogens is 3. The lowest BCUT2D eigenvalue weighted by molar-refractivity contribution is -0.131. The molecule has 2 aromatic heterocycles. The summed E-state index contributed by atoms with van der Waals surface area (Å²) in [5.74, 6) is -10.2. The van der Waals surface area contributed by atoms with Crippen LogP contribution in [0.15, 0.2) is 67.0 Å². The van der Waals surface area contributed by atoms with Gasteiger partial charge in [0.1, 0.15) is 5.69 Å². The van der Waals surface area contributed by atoms with Crippen LogP contribution in [-0.2, 0) is 16.1 Å². The number of hydrogen-bond donors (Lipinski definition) is 2. The quantitative estimate of drug-likeness (QED) is 0.137. The molecule has 1 unspecified atom stereocenters. The third-order valence-corrected chi connectivity index (χ3v) is 14.0. The number of imide groups is 1. The predicted molar refractivity (Wildman–Crippen MR) is 247 cm³/mol. The average molecular weight is 974 g/mol. The highest BCUT2D eigenvalue weighted by Crippen LogP contribution is 2.45. The van der Waals surface area contributed by atoms with Crippen LogP contribution in [0.2, 0.25) is 5.02 Å². The molecule has 20 heteroatoms. The third-order valence-electron chi connectivity index (χ3n) is 13.7. The highest BCUT2D eigenvalue weighted by Gasteiger charge is 2.48. The number of fused-ring (bicyclic) bond motifs is 1. The number of alkyl halides is 2. The van der Waals surface area contributed by atoms with Crippen LogP contribution >= 0.6 is 11.6 Å². The first-order chi connectivity index (χ1) is 33.0. The molecule has 69 heavy (non-hydrogen) atoms. The maximum atomic E-state index is 16.6. The lowest BCUT2D eigenvalue weighted by Gasteiger charge is -2.45. The average Bonchev–Trinajstić information content (AvgIpc) is 4.04. The third kappa shape index (κ3) is 9.33. The number of amides is 6. The second kappa shape index (κ2) is 19.1. The normalized spacial score (nSPS) is 19.2. The lowest BCUT2D eigenvalue weighted by atomic mass is 9.83. The fourth-order valence-electron chi connectivity index (χ4n) is 9.99. The molecule has 9 rings (SSSR count). The van der Waals surface area contributed by atoms with Gasteiger partial charge in [-0.2, -0.15) is 5.10 Å². The SMILES string of the molecule is CN(C)C(=O)c1cc2c(-c3ccc(C4CCN(C5CCN(C(=O)c6ccc(Cl)c(N7CCC(=O)NC7=O)c6)CC5)CC4(F)F)c(F)c3F)cc(C3=CCCN(C(=O)CCn4cccn4)C3)c(F)c2[nH]1. The molecule has 2 N–H and O–H groups in total. The molecular weight excluding hydrogens is 925 g/mol. The molecule has 362 valence electrons. The van der Waals surface area contributed by atoms with E-state index in [1.165, 1.54) is 60.3 Å². The van der Waals surface area contributed by atoms with Crippen molar-refractivity contribution in [2.24, 2.45) is 0 Å². The van der Waals surface area contributed by atoms with Crippen molar-refractivity contribution in [2.75, 3.05) is 64.8 Å². The lowest BCUT2D eigenvalue weighted by Crippen LogP contribution is -2.54. The van der Waals surface area contributed by atoms with Crippen molar-refractivity contribution < 1.29 is 45.9 Å². The van der Waals surface area contributed by atoms with Gasteiger partial charge in [0.15, 0.2) is 17.5 Å². The van der Waals surface area contributed by atoms with Crippen LogP contribution in [0.5, 0.6) is 0 Å². The van der Waals surface area contributed by atoms with E-state index in [1.807, 2.05) is 0 Å². The molecule has 0 aliphatic carbocycles. The number of aromatic amines is 1. The number of piperidine rings is 2. The van der Waals surface area contributed by atoms with Crippen molar-refractivity contribution >= 4 is 63.4 Å². The predicted octanol–water partition coefficient (Wildman–Crippen LogP) is 7.69. The van der Waals surface area contributed by atoms with Gasteiger partial charge in [-0.05, 0) is 79.8 Å². The largest absolute Gasteiger partial charge is 0.348 e. The van der Waals surface area contributed by atoms with Crippen LogP contribution in [0.1, 0.15) is 76.4 Å². The Morgan fingerprint density at radius 2 is 1.67 bits per heavy atom. The van der Waals surface area contributed by atoms with Crippen LogP contribution in [0.4, 0.5) is 32.4 Å². The molecule has 1 atom stereocenters. The second-order valence-corrected chi connectivity index (χ2v) is 18.6. The number of halogens is 6. The summed E-state index contributed by atoms with van der Waals surface area (Å²) in [6.07, 6.45) is 6.32. The Bertz CT molecular complexity index is 2900. The zero-order chi connectivity index (χ0) is 48.9. The van der Waals surface area contributed by atoms with E-state index in [1.54, 1.807) is 43.9 Å². The number of likely N-dealkylation sites (tertiary alicyclic amines) is 2. The van der Waals surface area contributed by atoms with Gasteiger partial charge >= 0.3 is 6.03 Å². The molecule has 3 saturated heterocycles. The van der Waals surface area contributed by atoms with E-state index in [-0.39, 0.29) is 119 Å². The first-order valence-corrected chi connectivity index (χ1v) is 23.2. The van der Waals surface area contributed by atoms with Crippen molar-refractivity contribution in [3.8, 4) is 11.1 Å². The van der Waals surface area contributed by atoms with Crippen LogP contribution < -0.4 is 10.2 Å². The number of nitrogens with one attached hydrogen (secondary N) is 2. The highest BCUT2D eigenvalue weighted by atomic mass is 35.5. The molecule has 3 aromatic carbocycles. The number of nitrogens with zero attached hydrogens (tertiary/aromatic N) is 7. The molecular formula is C49H49ClF5N9O5. The van der Waals surface area contributed by atoms with Gasteiger partial charge in [-0.3, -0.25) is 39.0 Å². The van der Waals surface area contributed by atoms with Gasteiger partial charge in [0.05, 0.1) is 28.7 Å². The van der Waals surface area contributed by atoms with E-state index in [0.717, 1.165) is 6.07 Å². The molecule has 14 nitrogen and oxygen atoms in total. The number of H-pyrrole nitrogens is 1. The summed E-state index contributed by atoms with van der Waals surface area (Å²) in [6, 6.07) is 10.4. The number of carbonyl (C=O) groups is 5. The Morgan fingerprint density at radius 3 is 2.38 bits per heavy atom. The van der Waals surface area contributed by atoms with Gasteiger partial charge in [0.2, 0.25) is 11.8 Å². The van der Waals surface area contributed by atoms with Gasteiger partial charge in [-0.15, -0.1) is 0 Å². The summed E-state index contributed by atoms with van der Waals surface area (Å²) in [5, 5.41) is 6.67. The van der Waals surface area contributed by atoms with E-state index >= 15 is 22.0 Å². The maximum absolute atomic E-state index is 16.6. The monoisotopic (exact) mass is 973 g/mol. The number of aryl methyl sites for hydroxylation is 1. The van der Waals surface area contributed by atoms with E-state index in [4.69, 9.17) is 11.6 Å². The van der Waals surface area contributed by atoms with Gasteiger partial charge in [0, 0.05) is 112 Å². The van der Waals surface area contributed by atoms with Gasteiger partial charge in [-0.1, -0.05) is 29.8 Å². The molecule has 3 fully saturated rings. The Morgan fingerprint density at radius 1 is 0.884 bits per heavy atom. The van der Waals surface area contributed by atoms with Gasteiger partial charge < -0.3 is 19.7 Å². The van der Waals surface area contributed by atoms with Crippen LogP contribution in [0.3, 0.4) is 0 Å². The van der Waals surface area contributed by atoms with Gasteiger partial charge in [0.25, 0.3) is 17.7 Å². The Labute approximate surface area is 398 Å². The zero-order valence-corrected chi connectivity index (χ0v) is 38.6. The highest BCUT2D eigenvalue weighted by molar-refractivity contribution is 6.34. The van der Waals surface area contributed by atoms with Crippen molar-refractivity contribution in [1.82, 2.24) is 39.7 Å². The van der Waals surface area contributed by atoms with Crippen LogP contribution in [0.25, 0.3) is 27.6 Å². The van der Waals surface area contributed by atoms with E-state index in [0.29, 0.717) is 37.9 Å². The number of carbonyl (C=O) groups excluding carboxylic acids is 5. The summed E-state index contributed by atoms with van der Waals surface area (Å²) < 4.78 is 83.9. The fourth-order valence-corrected chi connectivity index (χ4v) is 10.2. The number of rotatable bonds is 10. The molecule has 0 bridgehead atoms. The molecule has 5 aromatic rings. The van der Waals surface area contributed by atoms with Crippen molar-refractivity contribution in [3.05, 3.63) is 112 Å². The van der Waals surface area contributed by atoms with Gasteiger partial charge in [-0.25, -0.2) is 26.7 Å². The summed E-state index contributed by atoms with van der Waals surface area (Å²) in [4.78, 5) is 74.3. The minimum Gasteiger partial charge on any atom is -0.348 e. The molecule has 0 radical (unpaired) electrons. The maximum Gasteiger partial charge on any atom is 0.328 e. The molecule has 4 aliphatic rings. The van der Waals surface area contributed by atoms with E-state index in [2.05, 4.69) is 15.4 Å². The van der Waals surface area contributed by atoms with Crippen LogP contribution in [-0.4, -0.2) is 136 Å². The van der Waals surface area contributed by atoms with Crippen molar-refractivity contribution in [2.45, 2.75) is 63.0 Å². The second-order valence-electron chi connectivity index (χ2n) is 18.2. The minimum absolute atomic E-state index is 0.00728. The van der Waals surface area contributed by atoms with Crippen molar-refractivity contribution in [3.63, 3.8) is 0 Å². The molecule has 0 saturated carbocycles. The molecule has 0 spiro atoms. The minimum atomic E-state index is -3.47. The summed E-state index contributed by atoms with van der Waals surface area (Å²) in [6.45, 7) is 0.820. The summed E-state index contributed by atoms with van der Waals surface area (Å²) in [5.41, 5.74) is 0.0348. The molecule has 6 heterocycles. The first-order valence-electron chi connectivity index (χ1n) is 22.8. The van der Waals surface area contributed by atoms with Crippen LogP contribution in [0, 0.1) is 17.5 Å². The number of urea groups is 1. The standard InChI is InChI=1S/C49H49ClF5N9O5/c1-59(2)47(68)38-25-35-34(24-33(44(53)45(35)57-38)29-5-3-16-61(26-29)41(66)14-21-63-17-4-15-56-63)31-7-8-32(43(52)42(31)51)36-12-20-62(27-49(36,54)55)30-10-18-60(19-11-30)46(67)28-6-9-37(50)39(23-28)64-22-13-40(65)58-48(64)69/h4-9,15,17,23-25,30,36,57H,3,10-14,16,18-22,26-27H2,1-2H3,(H,58,65,69). The fraction of sp³-hybridized carbons (Fsp3) is 0.388. The van der Waals surface area contributed by atoms with Crippen molar-refractivity contribution in [1.29, 1.82) is 0 Å².